The van der Waals surface area contributed by atoms with Gasteiger partial charge in [0.15, 0.2) is 0 Å². The third-order valence-electron chi connectivity index (χ3n) is 1.50. The van der Waals surface area contributed by atoms with Crippen LogP contribution in [0.1, 0.15) is 38.6 Å². The van der Waals surface area contributed by atoms with Gasteiger partial charge in [-0.05, 0) is 25.0 Å². The first-order chi connectivity index (χ1) is 4.70. The third-order valence-corrected chi connectivity index (χ3v) is 1.50. The molecule has 0 spiro atoms. The van der Waals surface area contributed by atoms with Crippen LogP contribution in [0, 0.1) is 6.92 Å². The van der Waals surface area contributed by atoms with E-state index < -0.39 is 0 Å². The highest BCUT2D eigenvalue weighted by atomic mass is 14.7. The summed E-state index contributed by atoms with van der Waals surface area (Å²) in [6.45, 7) is 6.33. The Kier molecular flexibility index (Phi) is 3.80. The lowest BCUT2D eigenvalue weighted by molar-refractivity contribution is 0.815. The van der Waals surface area contributed by atoms with Crippen LogP contribution in [-0.4, -0.2) is 4.98 Å². The van der Waals surface area contributed by atoms with E-state index in [-0.39, 0.29) is 7.43 Å². The summed E-state index contributed by atoms with van der Waals surface area (Å²) in [6, 6.07) is 6.14. The molecule has 1 rings (SSSR count). The number of hydrogen-bond donors (Lipinski definition) is 0. The Hall–Kier alpha value is -0.850. The lowest BCUT2D eigenvalue weighted by atomic mass is 10.1. The Morgan fingerprint density at radius 1 is 1.27 bits per heavy atom. The molecule has 0 radical (unpaired) electrons. The first kappa shape index (κ1) is 10.2. The smallest absolute Gasteiger partial charge is 0.0432 e. The normalized spacial score (nSPS) is 9.45. The van der Waals surface area contributed by atoms with E-state index in [1.807, 2.05) is 13.0 Å². The van der Waals surface area contributed by atoms with Crippen molar-refractivity contribution in [1.82, 2.24) is 4.98 Å². The molecule has 1 nitrogen and oxygen atoms in total. The molecule has 1 heteroatoms. The molecule has 0 aromatic carbocycles. The van der Waals surface area contributed by atoms with Crippen molar-refractivity contribution in [3.63, 3.8) is 0 Å². The summed E-state index contributed by atoms with van der Waals surface area (Å²) in [5.41, 5.74) is 2.28. The second-order valence-electron chi connectivity index (χ2n) is 2.86. The minimum atomic E-state index is 0. The molecule has 1 aromatic rings. The molecule has 0 amide bonds. The van der Waals surface area contributed by atoms with Crippen LogP contribution < -0.4 is 0 Å². The van der Waals surface area contributed by atoms with Gasteiger partial charge in [0.25, 0.3) is 0 Å². The van der Waals surface area contributed by atoms with Gasteiger partial charge in [-0.1, -0.05) is 27.3 Å². The summed E-state index contributed by atoms with van der Waals surface area (Å²) in [5.74, 6) is 0.542. The van der Waals surface area contributed by atoms with Crippen molar-refractivity contribution in [3.8, 4) is 0 Å². The van der Waals surface area contributed by atoms with Crippen molar-refractivity contribution in [3.05, 3.63) is 29.6 Å². The summed E-state index contributed by atoms with van der Waals surface area (Å²) < 4.78 is 0. The van der Waals surface area contributed by atoms with Gasteiger partial charge in [-0.2, -0.15) is 0 Å². The van der Waals surface area contributed by atoms with Gasteiger partial charge in [-0.15, -0.1) is 0 Å². The first-order valence-electron chi connectivity index (χ1n) is 3.63. The Morgan fingerprint density at radius 2 is 1.91 bits per heavy atom. The quantitative estimate of drug-likeness (QED) is 0.601. The first-order valence-corrected chi connectivity index (χ1v) is 3.63. The Morgan fingerprint density at radius 3 is 2.27 bits per heavy atom. The van der Waals surface area contributed by atoms with Gasteiger partial charge in [0.05, 0.1) is 0 Å². The van der Waals surface area contributed by atoms with Crippen LogP contribution in [0.3, 0.4) is 0 Å². The standard InChI is InChI=1S/C9H13N.CH4/c1-7(2)9-6-4-5-8(3)10-9;/h4-7H,1-3H3;1H4. The van der Waals surface area contributed by atoms with Crippen molar-refractivity contribution in [2.45, 2.75) is 34.1 Å². The van der Waals surface area contributed by atoms with Crippen LogP contribution in [0.25, 0.3) is 0 Å². The minimum Gasteiger partial charge on any atom is -0.258 e. The maximum atomic E-state index is 4.37. The van der Waals surface area contributed by atoms with E-state index in [4.69, 9.17) is 0 Å². The Labute approximate surface area is 69.5 Å². The molecule has 0 unspecified atom stereocenters. The molecule has 0 saturated carbocycles. The zero-order valence-electron chi connectivity index (χ0n) is 6.76. The predicted molar refractivity (Wildman–Crippen MR) is 49.8 cm³/mol. The number of pyridine rings is 1. The van der Waals surface area contributed by atoms with Crippen LogP contribution in [0.4, 0.5) is 0 Å². The Balaban J connectivity index is 0.000001000. The van der Waals surface area contributed by atoms with E-state index in [9.17, 15) is 0 Å². The molecule has 62 valence electrons. The molecular formula is C10H17N. The fourth-order valence-electron chi connectivity index (χ4n) is 0.886. The van der Waals surface area contributed by atoms with E-state index in [1.54, 1.807) is 0 Å². The lowest BCUT2D eigenvalue weighted by Gasteiger charge is -2.03. The van der Waals surface area contributed by atoms with E-state index in [1.165, 1.54) is 5.69 Å². The van der Waals surface area contributed by atoms with Gasteiger partial charge in [0.1, 0.15) is 0 Å². The van der Waals surface area contributed by atoms with E-state index in [0.29, 0.717) is 5.92 Å². The fourth-order valence-corrected chi connectivity index (χ4v) is 0.886. The summed E-state index contributed by atoms with van der Waals surface area (Å²) in [5, 5.41) is 0. The van der Waals surface area contributed by atoms with Crippen LogP contribution >= 0.6 is 0 Å². The maximum absolute atomic E-state index is 4.37. The number of rotatable bonds is 1. The summed E-state index contributed by atoms with van der Waals surface area (Å²) in [6.07, 6.45) is 0. The van der Waals surface area contributed by atoms with E-state index >= 15 is 0 Å². The van der Waals surface area contributed by atoms with Crippen molar-refractivity contribution in [2.75, 3.05) is 0 Å². The second kappa shape index (κ2) is 4.12. The molecule has 0 N–H and O–H groups in total. The number of aryl methyl sites for hydroxylation is 1. The predicted octanol–water partition coefficient (Wildman–Crippen LogP) is 3.15. The average molecular weight is 151 g/mol. The van der Waals surface area contributed by atoms with E-state index in [2.05, 4.69) is 31.0 Å². The van der Waals surface area contributed by atoms with E-state index in [0.717, 1.165) is 5.69 Å². The Bertz CT molecular complexity index is 216. The number of nitrogens with zero attached hydrogens (tertiary/aromatic N) is 1. The molecule has 1 aromatic heterocycles. The summed E-state index contributed by atoms with van der Waals surface area (Å²) >= 11 is 0. The van der Waals surface area contributed by atoms with Crippen LogP contribution in [-0.2, 0) is 0 Å². The van der Waals surface area contributed by atoms with Crippen molar-refractivity contribution < 1.29 is 0 Å². The second-order valence-corrected chi connectivity index (χ2v) is 2.86. The highest BCUT2D eigenvalue weighted by Gasteiger charge is 1.97. The monoisotopic (exact) mass is 151 g/mol. The number of aromatic nitrogens is 1. The molecule has 1 heterocycles. The van der Waals surface area contributed by atoms with Gasteiger partial charge >= 0.3 is 0 Å². The van der Waals surface area contributed by atoms with Gasteiger partial charge in [-0.25, -0.2) is 0 Å². The molecule has 0 aliphatic heterocycles. The van der Waals surface area contributed by atoms with Crippen molar-refractivity contribution in [2.24, 2.45) is 0 Å². The van der Waals surface area contributed by atoms with Crippen molar-refractivity contribution >= 4 is 0 Å². The van der Waals surface area contributed by atoms with Gasteiger partial charge < -0.3 is 0 Å². The molecule has 0 fully saturated rings. The van der Waals surface area contributed by atoms with Gasteiger partial charge in [0.2, 0.25) is 0 Å². The maximum Gasteiger partial charge on any atom is 0.0432 e. The molecule has 0 bridgehead atoms. The highest BCUT2D eigenvalue weighted by Crippen LogP contribution is 2.10. The largest absolute Gasteiger partial charge is 0.258 e. The zero-order valence-corrected chi connectivity index (χ0v) is 6.76. The molecular weight excluding hydrogens is 134 g/mol. The van der Waals surface area contributed by atoms with Gasteiger partial charge in [0, 0.05) is 11.4 Å². The van der Waals surface area contributed by atoms with Crippen molar-refractivity contribution in [1.29, 1.82) is 0 Å². The number of hydrogen-bond acceptors (Lipinski definition) is 1. The molecule has 0 aliphatic rings. The lowest BCUT2D eigenvalue weighted by Crippen LogP contribution is -1.92. The molecule has 0 saturated heterocycles. The van der Waals surface area contributed by atoms with Crippen LogP contribution in [0.2, 0.25) is 0 Å². The van der Waals surface area contributed by atoms with Crippen LogP contribution in [0.5, 0.6) is 0 Å². The summed E-state index contributed by atoms with van der Waals surface area (Å²) in [4.78, 5) is 4.37. The third kappa shape index (κ3) is 2.71. The SMILES string of the molecule is C.Cc1cccc(C(C)C)n1. The molecule has 0 atom stereocenters. The molecule has 0 aliphatic carbocycles. The molecule has 11 heavy (non-hydrogen) atoms. The highest BCUT2D eigenvalue weighted by molar-refractivity contribution is 5.12. The fraction of sp³-hybridized carbons (Fsp3) is 0.500. The summed E-state index contributed by atoms with van der Waals surface area (Å²) in [7, 11) is 0. The zero-order chi connectivity index (χ0) is 7.56. The van der Waals surface area contributed by atoms with Crippen LogP contribution in [0.15, 0.2) is 18.2 Å². The minimum absolute atomic E-state index is 0. The average Bonchev–Trinajstić information content (AvgIpc) is 1.88. The van der Waals surface area contributed by atoms with Gasteiger partial charge in [-0.3, -0.25) is 4.98 Å². The topological polar surface area (TPSA) is 12.9 Å².